The summed E-state index contributed by atoms with van der Waals surface area (Å²) in [6.45, 7) is 0.686. The van der Waals surface area contributed by atoms with Gasteiger partial charge in [0.2, 0.25) is 0 Å². The van der Waals surface area contributed by atoms with Crippen LogP contribution in [-0.2, 0) is 6.54 Å². The van der Waals surface area contributed by atoms with Crippen molar-refractivity contribution >= 4 is 49.4 Å². The van der Waals surface area contributed by atoms with Gasteiger partial charge in [0.15, 0.2) is 17.5 Å². The molecule has 0 saturated heterocycles. The van der Waals surface area contributed by atoms with E-state index in [2.05, 4.69) is 157 Å². The molecular formula is C50H32N4O. The van der Waals surface area contributed by atoms with Crippen LogP contribution in [0, 0.1) is 0 Å². The first-order chi connectivity index (χ1) is 27.3. The van der Waals surface area contributed by atoms with E-state index in [9.17, 15) is 0 Å². The molecule has 3 heterocycles. The molecule has 0 unspecified atom stereocenters. The molecular weight excluding hydrogens is 673 g/mol. The van der Waals surface area contributed by atoms with Crippen LogP contribution in [-0.4, -0.2) is 15.0 Å². The Hall–Kier alpha value is -7.37. The molecule has 10 aromatic rings. The van der Waals surface area contributed by atoms with E-state index in [1.807, 2.05) is 24.4 Å². The molecule has 0 fully saturated rings. The summed E-state index contributed by atoms with van der Waals surface area (Å²) in [5.74, 6) is 2.89. The highest BCUT2D eigenvalue weighted by molar-refractivity contribution is 6.14. The van der Waals surface area contributed by atoms with Gasteiger partial charge >= 0.3 is 0 Å². The van der Waals surface area contributed by atoms with Crippen LogP contribution in [0.1, 0.15) is 11.3 Å². The second kappa shape index (κ2) is 12.6. The summed E-state index contributed by atoms with van der Waals surface area (Å²) in [6, 6.07) is 57.6. The van der Waals surface area contributed by atoms with Gasteiger partial charge in [0.25, 0.3) is 0 Å². The van der Waals surface area contributed by atoms with Crippen molar-refractivity contribution in [3.8, 4) is 56.4 Å². The third kappa shape index (κ3) is 5.20. The molecule has 1 aliphatic rings. The molecule has 258 valence electrons. The summed E-state index contributed by atoms with van der Waals surface area (Å²) in [5, 5.41) is 11.4. The van der Waals surface area contributed by atoms with Gasteiger partial charge in [-0.15, -0.1) is 0 Å². The summed E-state index contributed by atoms with van der Waals surface area (Å²) in [7, 11) is 0. The number of furan rings is 1. The maximum atomic E-state index is 6.31. The van der Waals surface area contributed by atoms with Crippen LogP contribution < -0.4 is 5.32 Å². The number of benzene rings is 8. The highest BCUT2D eigenvalue weighted by Crippen LogP contribution is 2.44. The van der Waals surface area contributed by atoms with Gasteiger partial charge in [-0.3, -0.25) is 0 Å². The van der Waals surface area contributed by atoms with Crippen LogP contribution in [0.15, 0.2) is 174 Å². The van der Waals surface area contributed by atoms with Crippen LogP contribution in [0.4, 0.5) is 0 Å². The molecule has 1 N–H and O–H groups in total. The second-order valence-corrected chi connectivity index (χ2v) is 14.0. The molecule has 55 heavy (non-hydrogen) atoms. The topological polar surface area (TPSA) is 63.8 Å². The Morgan fingerprint density at radius 3 is 1.75 bits per heavy atom. The molecule has 5 nitrogen and oxygen atoms in total. The summed E-state index contributed by atoms with van der Waals surface area (Å²) in [6.07, 6.45) is 4.13. The fourth-order valence-electron chi connectivity index (χ4n) is 8.21. The minimum Gasteiger partial charge on any atom is -0.459 e. The van der Waals surface area contributed by atoms with E-state index in [-0.39, 0.29) is 0 Å². The molecule has 2 aromatic heterocycles. The lowest BCUT2D eigenvalue weighted by Crippen LogP contribution is -2.08. The standard InChI is InChI=1S/C50H32N4O/c1-2-12-32(13-3-1)48-52-49(34-22-21-31-11-4-5-14-33(31)29-34)54-50(53-48)43-26-25-40(37-17-8-9-18-38(37)43)39-23-24-41(36-16-7-6-15-35(36)39)42-19-10-20-45-47(42)44-27-28-51-30-46(44)55-45/h1-29,51H,30H2. The van der Waals surface area contributed by atoms with Gasteiger partial charge in [-0.25, -0.2) is 15.0 Å². The Bertz CT molecular complexity index is 3160. The van der Waals surface area contributed by atoms with Gasteiger partial charge in [0, 0.05) is 27.6 Å². The highest BCUT2D eigenvalue weighted by atomic mass is 16.3. The van der Waals surface area contributed by atoms with Crippen molar-refractivity contribution in [2.75, 3.05) is 0 Å². The van der Waals surface area contributed by atoms with Crippen LogP contribution in [0.25, 0.3) is 106 Å². The third-order valence-electron chi connectivity index (χ3n) is 10.8. The fraction of sp³-hybridized carbons (Fsp3) is 0.0200. The lowest BCUT2D eigenvalue weighted by molar-refractivity contribution is 0.532. The minimum absolute atomic E-state index is 0.640. The molecule has 0 radical (unpaired) electrons. The molecule has 5 heteroatoms. The Kier molecular flexibility index (Phi) is 7.17. The zero-order valence-electron chi connectivity index (χ0n) is 29.7. The number of nitrogens with one attached hydrogen (secondary N) is 1. The monoisotopic (exact) mass is 704 g/mol. The average Bonchev–Trinajstić information content (AvgIpc) is 3.65. The van der Waals surface area contributed by atoms with E-state index < -0.39 is 0 Å². The maximum Gasteiger partial charge on any atom is 0.164 e. The van der Waals surface area contributed by atoms with Crippen LogP contribution in [0.3, 0.4) is 0 Å². The maximum absolute atomic E-state index is 6.31. The normalized spacial score (nSPS) is 12.4. The van der Waals surface area contributed by atoms with Crippen LogP contribution in [0.5, 0.6) is 0 Å². The van der Waals surface area contributed by atoms with Gasteiger partial charge < -0.3 is 9.73 Å². The Morgan fingerprint density at radius 2 is 1.02 bits per heavy atom. The number of hydrogen-bond donors (Lipinski definition) is 1. The smallest absolute Gasteiger partial charge is 0.164 e. The van der Waals surface area contributed by atoms with Crippen molar-refractivity contribution in [1.29, 1.82) is 0 Å². The van der Waals surface area contributed by atoms with Gasteiger partial charge in [0.1, 0.15) is 11.3 Å². The average molecular weight is 705 g/mol. The third-order valence-corrected chi connectivity index (χ3v) is 10.8. The Balaban J connectivity index is 1.09. The predicted octanol–water partition coefficient (Wildman–Crippen LogP) is 12.5. The molecule has 0 saturated carbocycles. The van der Waals surface area contributed by atoms with Crippen molar-refractivity contribution < 1.29 is 4.42 Å². The predicted molar refractivity (Wildman–Crippen MR) is 225 cm³/mol. The van der Waals surface area contributed by atoms with Crippen molar-refractivity contribution in [3.63, 3.8) is 0 Å². The molecule has 0 aliphatic carbocycles. The van der Waals surface area contributed by atoms with Gasteiger partial charge in [0.05, 0.1) is 6.54 Å². The lowest BCUT2D eigenvalue weighted by Gasteiger charge is -2.16. The van der Waals surface area contributed by atoms with Gasteiger partial charge in [-0.1, -0.05) is 146 Å². The van der Waals surface area contributed by atoms with Crippen molar-refractivity contribution in [2.45, 2.75) is 6.54 Å². The first kappa shape index (κ1) is 31.2. The van der Waals surface area contributed by atoms with E-state index in [0.717, 1.165) is 60.7 Å². The number of rotatable bonds is 5. The largest absolute Gasteiger partial charge is 0.459 e. The number of aromatic nitrogens is 3. The molecule has 11 rings (SSSR count). The quantitative estimate of drug-likeness (QED) is 0.193. The van der Waals surface area contributed by atoms with E-state index in [0.29, 0.717) is 24.0 Å². The van der Waals surface area contributed by atoms with E-state index >= 15 is 0 Å². The SMILES string of the molecule is C1=Cc2c(oc3cccc(-c4ccc(-c5ccc(-c6nc(-c7ccccc7)nc(-c7ccc8ccccc8c7)n6)c6ccccc56)c5ccccc45)c23)CN1. The summed E-state index contributed by atoms with van der Waals surface area (Å²) < 4.78 is 6.31. The van der Waals surface area contributed by atoms with Crippen LogP contribution in [0.2, 0.25) is 0 Å². The number of hydrogen-bond acceptors (Lipinski definition) is 5. The van der Waals surface area contributed by atoms with E-state index in [4.69, 9.17) is 19.4 Å². The van der Waals surface area contributed by atoms with Crippen LogP contribution >= 0.6 is 0 Å². The van der Waals surface area contributed by atoms with Crippen molar-refractivity contribution in [2.24, 2.45) is 0 Å². The Labute approximate surface area is 317 Å². The number of nitrogens with zero attached hydrogens (tertiary/aromatic N) is 3. The van der Waals surface area contributed by atoms with Gasteiger partial charge in [-0.05, 0) is 85.0 Å². The number of fused-ring (bicyclic) bond motifs is 6. The zero-order chi connectivity index (χ0) is 36.3. The fourth-order valence-corrected chi connectivity index (χ4v) is 8.21. The zero-order valence-corrected chi connectivity index (χ0v) is 29.7. The minimum atomic E-state index is 0.640. The molecule has 0 amide bonds. The first-order valence-corrected chi connectivity index (χ1v) is 18.6. The molecule has 8 aromatic carbocycles. The van der Waals surface area contributed by atoms with Gasteiger partial charge in [-0.2, -0.15) is 0 Å². The van der Waals surface area contributed by atoms with E-state index in [1.165, 1.54) is 32.8 Å². The molecule has 0 bridgehead atoms. The van der Waals surface area contributed by atoms with Crippen molar-refractivity contribution in [3.05, 3.63) is 181 Å². The first-order valence-electron chi connectivity index (χ1n) is 18.6. The molecule has 0 atom stereocenters. The second-order valence-electron chi connectivity index (χ2n) is 14.0. The lowest BCUT2D eigenvalue weighted by atomic mass is 9.88. The molecule has 1 aliphatic heterocycles. The summed E-state index contributed by atoms with van der Waals surface area (Å²) in [5.41, 5.74) is 9.59. The highest BCUT2D eigenvalue weighted by Gasteiger charge is 2.21. The molecule has 0 spiro atoms. The summed E-state index contributed by atoms with van der Waals surface area (Å²) in [4.78, 5) is 15.3. The van der Waals surface area contributed by atoms with E-state index in [1.54, 1.807) is 0 Å². The van der Waals surface area contributed by atoms with Crippen molar-refractivity contribution in [1.82, 2.24) is 20.3 Å². The Morgan fingerprint density at radius 1 is 0.436 bits per heavy atom. The summed E-state index contributed by atoms with van der Waals surface area (Å²) >= 11 is 0.